The van der Waals surface area contributed by atoms with E-state index in [4.69, 9.17) is 17.1 Å². The maximum atomic E-state index is 8.07. The molecule has 0 heterocycles. The van der Waals surface area contributed by atoms with Crippen LogP contribution in [-0.4, -0.2) is 44.7 Å². The normalized spacial score (nSPS) is 11.7. The molecule has 0 saturated carbocycles. The number of hydrogen-bond donors (Lipinski definition) is 3. The molecule has 0 aromatic rings. The molecule has 0 aliphatic heterocycles. The predicted molar refractivity (Wildman–Crippen MR) is 70.2 cm³/mol. The Balaban J connectivity index is 3.61. The number of aliphatic imine (C=N–C) groups is 1. The number of nitrogens with zero attached hydrogens (tertiary/aromatic N) is 5. The summed E-state index contributed by atoms with van der Waals surface area (Å²) < 4.78 is 0. The molecular weight excluding hydrogens is 220 g/mol. The SMILES string of the molecule is [N-]=[N+]=NCCCNC/C(C=NCCCN)=N/N. The van der Waals surface area contributed by atoms with Crippen LogP contribution in [-0.2, 0) is 0 Å². The molecule has 0 aliphatic rings. The van der Waals surface area contributed by atoms with Crippen LogP contribution in [0.4, 0.5) is 0 Å². The first-order valence-electron chi connectivity index (χ1n) is 5.53. The highest BCUT2D eigenvalue weighted by Gasteiger charge is 1.94. The quantitative estimate of drug-likeness (QED) is 0.0942. The van der Waals surface area contributed by atoms with Crippen molar-refractivity contribution in [2.45, 2.75) is 12.8 Å². The van der Waals surface area contributed by atoms with Crippen LogP contribution in [0.3, 0.4) is 0 Å². The van der Waals surface area contributed by atoms with E-state index in [9.17, 15) is 0 Å². The average molecular weight is 240 g/mol. The maximum Gasteiger partial charge on any atom is 0.0916 e. The first kappa shape index (κ1) is 15.4. The third-order valence-corrected chi connectivity index (χ3v) is 1.88. The minimum absolute atomic E-state index is 0.489. The van der Waals surface area contributed by atoms with Crippen molar-refractivity contribution in [1.82, 2.24) is 5.32 Å². The maximum absolute atomic E-state index is 8.07. The Morgan fingerprint density at radius 3 is 2.82 bits per heavy atom. The number of rotatable bonds is 10. The van der Waals surface area contributed by atoms with Gasteiger partial charge in [-0.2, -0.15) is 5.10 Å². The number of azide groups is 1. The summed E-state index contributed by atoms with van der Waals surface area (Å²) >= 11 is 0. The highest BCUT2D eigenvalue weighted by Crippen LogP contribution is 1.81. The fourth-order valence-corrected chi connectivity index (χ4v) is 1.01. The van der Waals surface area contributed by atoms with Gasteiger partial charge < -0.3 is 16.9 Å². The van der Waals surface area contributed by atoms with Gasteiger partial charge in [0.1, 0.15) is 0 Å². The summed E-state index contributed by atoms with van der Waals surface area (Å²) in [6.07, 6.45) is 3.29. The Bertz CT molecular complexity index is 279. The van der Waals surface area contributed by atoms with Crippen LogP contribution in [0, 0.1) is 0 Å². The molecule has 0 fully saturated rings. The summed E-state index contributed by atoms with van der Waals surface area (Å²) in [6, 6.07) is 0. The average Bonchev–Trinajstić information content (AvgIpc) is 2.36. The number of hydrogen-bond acceptors (Lipinski definition) is 6. The van der Waals surface area contributed by atoms with Crippen LogP contribution >= 0.6 is 0 Å². The highest BCUT2D eigenvalue weighted by atomic mass is 15.1. The highest BCUT2D eigenvalue weighted by molar-refractivity contribution is 6.31. The monoisotopic (exact) mass is 240 g/mol. The summed E-state index contributed by atoms with van der Waals surface area (Å²) in [6.45, 7) is 3.10. The lowest BCUT2D eigenvalue weighted by Crippen LogP contribution is -2.26. The number of nitrogens with two attached hydrogens (primary N) is 2. The number of nitrogens with one attached hydrogen (secondary N) is 1. The fraction of sp³-hybridized carbons (Fsp3) is 0.778. The summed E-state index contributed by atoms with van der Waals surface area (Å²) in [7, 11) is 0. The first-order chi connectivity index (χ1) is 8.35. The Hall–Kier alpha value is -1.63. The minimum atomic E-state index is 0.489. The molecule has 8 nitrogen and oxygen atoms in total. The van der Waals surface area contributed by atoms with Crippen molar-refractivity contribution in [1.29, 1.82) is 0 Å². The molecule has 0 aliphatic carbocycles. The van der Waals surface area contributed by atoms with Gasteiger partial charge in [0.25, 0.3) is 0 Å². The van der Waals surface area contributed by atoms with Crippen molar-refractivity contribution in [3.63, 3.8) is 0 Å². The molecule has 5 N–H and O–H groups in total. The van der Waals surface area contributed by atoms with Gasteiger partial charge in [0, 0.05) is 30.8 Å². The van der Waals surface area contributed by atoms with E-state index >= 15 is 0 Å². The topological polar surface area (TPSA) is 138 Å². The Morgan fingerprint density at radius 1 is 1.35 bits per heavy atom. The third-order valence-electron chi connectivity index (χ3n) is 1.88. The van der Waals surface area contributed by atoms with Gasteiger partial charge in [-0.3, -0.25) is 4.99 Å². The lowest BCUT2D eigenvalue weighted by molar-refractivity contribution is 0.709. The summed E-state index contributed by atoms with van der Waals surface area (Å²) in [5.74, 6) is 5.22. The largest absolute Gasteiger partial charge is 0.330 e. The molecule has 8 heteroatoms. The molecule has 0 amide bonds. The van der Waals surface area contributed by atoms with Crippen LogP contribution < -0.4 is 16.9 Å². The van der Waals surface area contributed by atoms with E-state index in [0.717, 1.165) is 19.4 Å². The lowest BCUT2D eigenvalue weighted by Gasteiger charge is -2.02. The smallest absolute Gasteiger partial charge is 0.0916 e. The van der Waals surface area contributed by atoms with Gasteiger partial charge in [0.05, 0.1) is 5.71 Å². The van der Waals surface area contributed by atoms with Crippen LogP contribution in [0.15, 0.2) is 15.2 Å². The van der Waals surface area contributed by atoms with Crippen molar-refractivity contribution < 1.29 is 0 Å². The molecule has 0 spiro atoms. The Labute approximate surface area is 101 Å². The van der Waals surface area contributed by atoms with E-state index in [1.165, 1.54) is 0 Å². The van der Waals surface area contributed by atoms with Crippen molar-refractivity contribution >= 4 is 11.9 Å². The zero-order chi connectivity index (χ0) is 12.8. The van der Waals surface area contributed by atoms with Gasteiger partial charge in [-0.1, -0.05) is 5.11 Å². The van der Waals surface area contributed by atoms with Crippen LogP contribution in [0.25, 0.3) is 10.4 Å². The van der Waals surface area contributed by atoms with Crippen LogP contribution in [0.5, 0.6) is 0 Å². The van der Waals surface area contributed by atoms with Crippen molar-refractivity contribution in [3.05, 3.63) is 10.4 Å². The van der Waals surface area contributed by atoms with Gasteiger partial charge >= 0.3 is 0 Å². The van der Waals surface area contributed by atoms with Crippen molar-refractivity contribution in [2.75, 3.05) is 32.7 Å². The van der Waals surface area contributed by atoms with E-state index in [2.05, 4.69) is 25.4 Å². The van der Waals surface area contributed by atoms with E-state index in [1.54, 1.807) is 6.21 Å². The van der Waals surface area contributed by atoms with E-state index in [1.807, 2.05) is 0 Å². The molecule has 0 rings (SSSR count). The van der Waals surface area contributed by atoms with Crippen molar-refractivity contribution in [2.24, 2.45) is 26.8 Å². The molecule has 0 radical (unpaired) electrons. The second-order valence-electron chi connectivity index (χ2n) is 3.28. The molecule has 0 atom stereocenters. The third kappa shape index (κ3) is 10.6. The molecule has 0 saturated heterocycles. The summed E-state index contributed by atoms with van der Waals surface area (Å²) in [4.78, 5) is 6.80. The van der Waals surface area contributed by atoms with Gasteiger partial charge in [0.15, 0.2) is 0 Å². The van der Waals surface area contributed by atoms with E-state index in [0.29, 0.717) is 31.9 Å². The summed E-state index contributed by atoms with van der Waals surface area (Å²) in [5.41, 5.74) is 14.1. The summed E-state index contributed by atoms with van der Waals surface area (Å²) in [5, 5.41) is 10.2. The van der Waals surface area contributed by atoms with Gasteiger partial charge in [-0.15, -0.1) is 0 Å². The fourth-order valence-electron chi connectivity index (χ4n) is 1.01. The molecule has 17 heavy (non-hydrogen) atoms. The lowest BCUT2D eigenvalue weighted by atomic mass is 10.3. The number of hydrazone groups is 1. The van der Waals surface area contributed by atoms with E-state index < -0.39 is 0 Å². The second-order valence-corrected chi connectivity index (χ2v) is 3.28. The van der Waals surface area contributed by atoms with E-state index in [-0.39, 0.29) is 0 Å². The van der Waals surface area contributed by atoms with Gasteiger partial charge in [-0.05, 0) is 31.5 Å². The zero-order valence-corrected chi connectivity index (χ0v) is 9.92. The Kier molecular flexibility index (Phi) is 11.2. The molecule has 0 bridgehead atoms. The molecular formula is C9H20N8. The first-order valence-corrected chi connectivity index (χ1v) is 5.53. The standard InChI is InChI=1S/C9H20N8/c10-3-1-4-13-7-9(16-11)8-14-5-2-6-15-17-12/h7,14H,1-6,8,10-11H2/b13-7?,16-9+. The minimum Gasteiger partial charge on any atom is -0.330 e. The molecule has 0 aromatic heterocycles. The molecule has 0 aromatic carbocycles. The Morgan fingerprint density at radius 2 is 2.18 bits per heavy atom. The van der Waals surface area contributed by atoms with Gasteiger partial charge in [-0.25, -0.2) is 0 Å². The molecule has 0 unspecified atom stereocenters. The second kappa shape index (κ2) is 12.4. The predicted octanol–water partition coefficient (Wildman–Crippen LogP) is 0.0107. The van der Waals surface area contributed by atoms with Crippen LogP contribution in [0.1, 0.15) is 12.8 Å². The zero-order valence-electron chi connectivity index (χ0n) is 9.92. The molecule has 96 valence electrons. The van der Waals surface area contributed by atoms with Crippen LogP contribution in [0.2, 0.25) is 0 Å². The van der Waals surface area contributed by atoms with Crippen molar-refractivity contribution in [3.8, 4) is 0 Å². The van der Waals surface area contributed by atoms with Gasteiger partial charge in [0.2, 0.25) is 0 Å².